The fourth-order valence-electron chi connectivity index (χ4n) is 4.43. The molecule has 2 atom stereocenters. The fourth-order valence-corrected chi connectivity index (χ4v) is 4.43. The predicted octanol–water partition coefficient (Wildman–Crippen LogP) is 4.14. The summed E-state index contributed by atoms with van der Waals surface area (Å²) in [5.41, 5.74) is 1.37. The molecule has 162 valence electrons. The molecule has 0 aromatic heterocycles. The summed E-state index contributed by atoms with van der Waals surface area (Å²) in [6.07, 6.45) is 7.93. The van der Waals surface area contributed by atoms with Gasteiger partial charge in [-0.25, -0.2) is 0 Å². The second-order valence-corrected chi connectivity index (χ2v) is 8.35. The molecule has 1 aromatic rings. The average molecular weight is 512 g/mol. The Morgan fingerprint density at radius 3 is 2.59 bits per heavy atom. The zero-order valence-electron chi connectivity index (χ0n) is 17.9. The van der Waals surface area contributed by atoms with E-state index in [1.54, 1.807) is 0 Å². The SMILES string of the molecule is CN=C(NCCC(C)c1ccccc1)NC1CCN(C(=O)C2CCCCC2)C1.I. The summed E-state index contributed by atoms with van der Waals surface area (Å²) in [5, 5.41) is 6.95. The molecule has 5 nitrogen and oxygen atoms in total. The molecule has 2 aliphatic rings. The molecule has 6 heteroatoms. The van der Waals surface area contributed by atoms with E-state index in [0.29, 0.717) is 17.9 Å². The number of halogens is 1. The first-order valence-electron chi connectivity index (χ1n) is 11.0. The number of nitrogens with zero attached hydrogens (tertiary/aromatic N) is 2. The third kappa shape index (κ3) is 7.15. The molecule has 2 fully saturated rings. The summed E-state index contributed by atoms with van der Waals surface area (Å²) in [6.45, 7) is 4.82. The lowest BCUT2D eigenvalue weighted by Crippen LogP contribution is -2.45. The minimum atomic E-state index is 0. The minimum absolute atomic E-state index is 0. The van der Waals surface area contributed by atoms with E-state index in [4.69, 9.17) is 0 Å². The van der Waals surface area contributed by atoms with Crippen LogP contribution in [-0.2, 0) is 4.79 Å². The average Bonchev–Trinajstić information content (AvgIpc) is 3.22. The van der Waals surface area contributed by atoms with Crippen molar-refractivity contribution in [1.82, 2.24) is 15.5 Å². The topological polar surface area (TPSA) is 56.7 Å². The normalized spacial score (nSPS) is 21.4. The van der Waals surface area contributed by atoms with Crippen molar-refractivity contribution in [2.75, 3.05) is 26.7 Å². The molecular formula is C23H37IN4O. The van der Waals surface area contributed by atoms with Gasteiger partial charge >= 0.3 is 0 Å². The number of amides is 1. The second-order valence-electron chi connectivity index (χ2n) is 8.35. The number of nitrogens with one attached hydrogen (secondary N) is 2. The highest BCUT2D eigenvalue weighted by Gasteiger charge is 2.31. The zero-order valence-corrected chi connectivity index (χ0v) is 20.2. The van der Waals surface area contributed by atoms with Crippen LogP contribution in [0.3, 0.4) is 0 Å². The first kappa shape index (κ1) is 24.0. The Bertz CT molecular complexity index is 646. The van der Waals surface area contributed by atoms with Gasteiger partial charge in [0.1, 0.15) is 0 Å². The number of carbonyl (C=O) groups excluding carboxylic acids is 1. The van der Waals surface area contributed by atoms with Crippen molar-refractivity contribution < 1.29 is 4.79 Å². The van der Waals surface area contributed by atoms with E-state index in [0.717, 1.165) is 51.3 Å². The second kappa shape index (κ2) is 12.4. The Balaban J connectivity index is 0.00000300. The van der Waals surface area contributed by atoms with Gasteiger partial charge in [-0.1, -0.05) is 56.5 Å². The van der Waals surface area contributed by atoms with Crippen LogP contribution < -0.4 is 10.6 Å². The highest BCUT2D eigenvalue weighted by Crippen LogP contribution is 2.26. The minimum Gasteiger partial charge on any atom is -0.356 e. The van der Waals surface area contributed by atoms with E-state index in [9.17, 15) is 4.79 Å². The van der Waals surface area contributed by atoms with Crippen molar-refractivity contribution in [1.29, 1.82) is 0 Å². The Labute approximate surface area is 193 Å². The number of benzene rings is 1. The van der Waals surface area contributed by atoms with Gasteiger partial charge in [-0.05, 0) is 37.2 Å². The molecule has 1 saturated carbocycles. The first-order valence-corrected chi connectivity index (χ1v) is 11.0. The van der Waals surface area contributed by atoms with Crippen LogP contribution in [0.25, 0.3) is 0 Å². The van der Waals surface area contributed by atoms with Crippen LogP contribution in [-0.4, -0.2) is 49.5 Å². The molecule has 1 aliphatic heterocycles. The van der Waals surface area contributed by atoms with Crippen molar-refractivity contribution in [3.8, 4) is 0 Å². The molecule has 0 bridgehead atoms. The van der Waals surface area contributed by atoms with Gasteiger partial charge in [0, 0.05) is 38.6 Å². The molecule has 2 unspecified atom stereocenters. The number of rotatable bonds is 6. The summed E-state index contributed by atoms with van der Waals surface area (Å²) >= 11 is 0. The standard InChI is InChI=1S/C23H36N4O.HI/c1-18(19-9-5-3-6-10-19)13-15-25-23(24-2)26-21-14-16-27(17-21)22(28)20-11-7-4-8-12-20;/h3,5-6,9-10,18,20-21H,4,7-8,11-17H2,1-2H3,(H2,24,25,26);1H. The summed E-state index contributed by atoms with van der Waals surface area (Å²) in [5.74, 6) is 2.01. The summed E-state index contributed by atoms with van der Waals surface area (Å²) < 4.78 is 0. The number of likely N-dealkylation sites (tertiary alicyclic amines) is 1. The smallest absolute Gasteiger partial charge is 0.225 e. The molecule has 1 heterocycles. The monoisotopic (exact) mass is 512 g/mol. The maximum Gasteiger partial charge on any atom is 0.225 e. The van der Waals surface area contributed by atoms with Crippen LogP contribution >= 0.6 is 24.0 Å². The highest BCUT2D eigenvalue weighted by atomic mass is 127. The van der Waals surface area contributed by atoms with Crippen molar-refractivity contribution in [2.24, 2.45) is 10.9 Å². The molecule has 1 aliphatic carbocycles. The van der Waals surface area contributed by atoms with E-state index in [2.05, 4.69) is 57.8 Å². The maximum absolute atomic E-state index is 12.7. The molecular weight excluding hydrogens is 475 g/mol. The molecule has 29 heavy (non-hydrogen) atoms. The van der Waals surface area contributed by atoms with Gasteiger partial charge in [0.15, 0.2) is 5.96 Å². The number of hydrogen-bond donors (Lipinski definition) is 2. The number of guanidine groups is 1. The van der Waals surface area contributed by atoms with Crippen molar-refractivity contribution in [3.63, 3.8) is 0 Å². The van der Waals surface area contributed by atoms with Gasteiger partial charge in [-0.3, -0.25) is 9.79 Å². The Kier molecular flexibility index (Phi) is 10.2. The van der Waals surface area contributed by atoms with Gasteiger partial charge in [-0.2, -0.15) is 0 Å². The number of carbonyl (C=O) groups is 1. The lowest BCUT2D eigenvalue weighted by Gasteiger charge is -2.26. The quantitative estimate of drug-likeness (QED) is 0.342. The third-order valence-electron chi connectivity index (χ3n) is 6.26. The molecule has 2 N–H and O–H groups in total. The highest BCUT2D eigenvalue weighted by molar-refractivity contribution is 14.0. The number of aliphatic imine (C=N–C) groups is 1. The van der Waals surface area contributed by atoms with Crippen LogP contribution in [0.4, 0.5) is 0 Å². The van der Waals surface area contributed by atoms with Gasteiger partial charge in [0.2, 0.25) is 5.91 Å². The molecule has 1 amide bonds. The van der Waals surface area contributed by atoms with Gasteiger partial charge in [-0.15, -0.1) is 24.0 Å². The van der Waals surface area contributed by atoms with Crippen molar-refractivity contribution in [3.05, 3.63) is 35.9 Å². The Morgan fingerprint density at radius 2 is 1.90 bits per heavy atom. The third-order valence-corrected chi connectivity index (χ3v) is 6.26. The van der Waals surface area contributed by atoms with Crippen LogP contribution in [0, 0.1) is 5.92 Å². The summed E-state index contributed by atoms with van der Waals surface area (Å²) in [4.78, 5) is 19.2. The maximum atomic E-state index is 12.7. The number of hydrogen-bond acceptors (Lipinski definition) is 2. The van der Waals surface area contributed by atoms with Crippen molar-refractivity contribution in [2.45, 2.75) is 63.8 Å². The van der Waals surface area contributed by atoms with Gasteiger partial charge < -0.3 is 15.5 Å². The summed E-state index contributed by atoms with van der Waals surface area (Å²) in [7, 11) is 1.82. The van der Waals surface area contributed by atoms with E-state index in [1.165, 1.54) is 24.8 Å². The summed E-state index contributed by atoms with van der Waals surface area (Å²) in [6, 6.07) is 10.9. The molecule has 1 aromatic carbocycles. The Hall–Kier alpha value is -1.31. The fraction of sp³-hybridized carbons (Fsp3) is 0.652. The van der Waals surface area contributed by atoms with Gasteiger partial charge in [0.25, 0.3) is 0 Å². The van der Waals surface area contributed by atoms with Crippen molar-refractivity contribution >= 4 is 35.8 Å². The van der Waals surface area contributed by atoms with Crippen LogP contribution in [0.2, 0.25) is 0 Å². The molecule has 0 spiro atoms. The first-order chi connectivity index (χ1) is 13.7. The van der Waals surface area contributed by atoms with Gasteiger partial charge in [0.05, 0.1) is 0 Å². The van der Waals surface area contributed by atoms with E-state index < -0.39 is 0 Å². The van der Waals surface area contributed by atoms with Crippen LogP contribution in [0.5, 0.6) is 0 Å². The van der Waals surface area contributed by atoms with E-state index in [1.807, 2.05) is 7.05 Å². The lowest BCUT2D eigenvalue weighted by atomic mass is 9.88. The largest absolute Gasteiger partial charge is 0.356 e. The van der Waals surface area contributed by atoms with Crippen LogP contribution in [0.15, 0.2) is 35.3 Å². The predicted molar refractivity (Wildman–Crippen MR) is 131 cm³/mol. The molecule has 0 radical (unpaired) electrons. The molecule has 3 rings (SSSR count). The lowest BCUT2D eigenvalue weighted by molar-refractivity contribution is -0.135. The van der Waals surface area contributed by atoms with E-state index in [-0.39, 0.29) is 29.9 Å². The Morgan fingerprint density at radius 1 is 1.17 bits per heavy atom. The van der Waals surface area contributed by atoms with E-state index >= 15 is 0 Å². The molecule has 1 saturated heterocycles. The zero-order chi connectivity index (χ0) is 19.8. The van der Waals surface area contributed by atoms with Crippen LogP contribution in [0.1, 0.15) is 63.4 Å².